The Morgan fingerprint density at radius 1 is 1.60 bits per heavy atom. The Balaban J connectivity index is 2.41. The molecule has 0 unspecified atom stereocenters. The Hall–Kier alpha value is -1.52. The molecule has 0 aliphatic carbocycles. The lowest BCUT2D eigenvalue weighted by molar-refractivity contribution is -0.678. The fourth-order valence-electron chi connectivity index (χ4n) is 1.33. The molecule has 0 fully saturated rings. The number of aromatic nitrogens is 2. The quantitative estimate of drug-likeness (QED) is 0.666. The largest absolute Gasteiger partial charge is 0.449 e. The van der Waals surface area contributed by atoms with E-state index in [1.165, 1.54) is 4.90 Å². The minimum absolute atomic E-state index is 0.299. The Kier molecular flexibility index (Phi) is 3.71. The minimum atomic E-state index is -0.299. The van der Waals surface area contributed by atoms with Crippen molar-refractivity contribution in [3.63, 3.8) is 0 Å². The summed E-state index contributed by atoms with van der Waals surface area (Å²) in [6, 6.07) is 0. The number of carbonyl (C=O) groups is 1. The van der Waals surface area contributed by atoms with Crippen molar-refractivity contribution >= 4 is 6.09 Å². The van der Waals surface area contributed by atoms with Gasteiger partial charge in [0, 0.05) is 14.1 Å². The predicted molar refractivity (Wildman–Crippen MR) is 55.3 cm³/mol. The second-order valence-corrected chi connectivity index (χ2v) is 3.69. The molecule has 1 amide bonds. The highest BCUT2D eigenvalue weighted by molar-refractivity contribution is 5.66. The Bertz CT molecular complexity index is 325. The van der Waals surface area contributed by atoms with E-state index in [1.807, 2.05) is 35.6 Å². The number of amides is 1. The number of carbonyl (C=O) groups excluding carboxylic acids is 1. The predicted octanol–water partition coefficient (Wildman–Crippen LogP) is 0.0903. The second kappa shape index (κ2) is 4.82. The van der Waals surface area contributed by atoms with Crippen LogP contribution in [0.5, 0.6) is 0 Å². The Labute approximate surface area is 89.9 Å². The van der Waals surface area contributed by atoms with Gasteiger partial charge < -0.3 is 9.64 Å². The third-order valence-corrected chi connectivity index (χ3v) is 2.24. The average molecular weight is 212 g/mol. The summed E-state index contributed by atoms with van der Waals surface area (Å²) in [5.74, 6) is 1.13. The monoisotopic (exact) mass is 212 g/mol. The number of aryl methyl sites for hydroxylation is 2. The van der Waals surface area contributed by atoms with Gasteiger partial charge in [-0.05, 0) is 0 Å². The molecule has 0 saturated heterocycles. The molecule has 5 nitrogen and oxygen atoms in total. The number of ether oxygens (including phenoxy) is 1. The molecule has 0 radical (unpaired) electrons. The van der Waals surface area contributed by atoms with E-state index < -0.39 is 0 Å². The Morgan fingerprint density at radius 2 is 2.27 bits per heavy atom. The van der Waals surface area contributed by atoms with Crippen molar-refractivity contribution in [1.82, 2.24) is 9.47 Å². The summed E-state index contributed by atoms with van der Waals surface area (Å²) in [5, 5.41) is 0. The fraction of sp³-hybridized carbons (Fsp3) is 0.600. The highest BCUT2D eigenvalue weighted by Crippen LogP contribution is 1.95. The number of hydrogen-bond donors (Lipinski definition) is 0. The molecule has 15 heavy (non-hydrogen) atoms. The maximum atomic E-state index is 11.1. The first kappa shape index (κ1) is 11.6. The van der Waals surface area contributed by atoms with Crippen LogP contribution >= 0.6 is 0 Å². The van der Waals surface area contributed by atoms with Crippen molar-refractivity contribution in [3.8, 4) is 0 Å². The summed E-state index contributed by atoms with van der Waals surface area (Å²) in [4.78, 5) is 12.6. The molecule has 0 spiro atoms. The third-order valence-electron chi connectivity index (χ3n) is 2.24. The van der Waals surface area contributed by atoms with Crippen LogP contribution in [0.2, 0.25) is 0 Å². The van der Waals surface area contributed by atoms with Gasteiger partial charge in [0.15, 0.2) is 0 Å². The molecular weight excluding hydrogens is 194 g/mol. The molecule has 0 atom stereocenters. The lowest BCUT2D eigenvalue weighted by atomic mass is 10.4. The SMILES string of the molecule is CN(C)C(=O)OCCc1n(C)cc[n+]1C. The van der Waals surface area contributed by atoms with Crippen molar-refractivity contribution in [1.29, 1.82) is 0 Å². The van der Waals surface area contributed by atoms with Crippen LogP contribution in [0.1, 0.15) is 5.82 Å². The van der Waals surface area contributed by atoms with E-state index in [0.29, 0.717) is 6.61 Å². The molecule has 1 aromatic heterocycles. The van der Waals surface area contributed by atoms with Crippen molar-refractivity contribution in [2.24, 2.45) is 14.1 Å². The molecule has 0 aliphatic rings. The lowest BCUT2D eigenvalue weighted by Gasteiger charge is -2.09. The van der Waals surface area contributed by atoms with Crippen LogP contribution in [0.25, 0.3) is 0 Å². The third kappa shape index (κ3) is 2.97. The van der Waals surface area contributed by atoms with Crippen molar-refractivity contribution < 1.29 is 14.1 Å². The molecule has 1 rings (SSSR count). The molecule has 1 heterocycles. The summed E-state index contributed by atoms with van der Waals surface area (Å²) in [6.45, 7) is 0.405. The van der Waals surface area contributed by atoms with Crippen LogP contribution in [-0.4, -0.2) is 36.3 Å². The molecule has 0 aromatic carbocycles. The number of rotatable bonds is 3. The van der Waals surface area contributed by atoms with E-state index in [9.17, 15) is 4.79 Å². The van der Waals surface area contributed by atoms with E-state index in [-0.39, 0.29) is 6.09 Å². The van der Waals surface area contributed by atoms with Gasteiger partial charge in [-0.3, -0.25) is 0 Å². The van der Waals surface area contributed by atoms with E-state index in [4.69, 9.17) is 4.74 Å². The van der Waals surface area contributed by atoms with Crippen molar-refractivity contribution in [2.45, 2.75) is 6.42 Å². The molecule has 5 heteroatoms. The van der Waals surface area contributed by atoms with E-state index in [1.54, 1.807) is 14.1 Å². The molecule has 0 bridgehead atoms. The molecule has 0 aliphatic heterocycles. The average Bonchev–Trinajstić information content (AvgIpc) is 2.48. The molecular formula is C10H18N3O2+. The number of nitrogens with zero attached hydrogens (tertiary/aromatic N) is 3. The molecule has 84 valence electrons. The first-order chi connectivity index (χ1) is 7.02. The normalized spacial score (nSPS) is 10.1. The number of hydrogen-bond acceptors (Lipinski definition) is 2. The highest BCUT2D eigenvalue weighted by Gasteiger charge is 2.12. The smallest absolute Gasteiger partial charge is 0.409 e. The summed E-state index contributed by atoms with van der Waals surface area (Å²) in [5.41, 5.74) is 0. The van der Waals surface area contributed by atoms with E-state index in [0.717, 1.165) is 12.2 Å². The zero-order chi connectivity index (χ0) is 11.4. The zero-order valence-corrected chi connectivity index (χ0v) is 9.73. The highest BCUT2D eigenvalue weighted by atomic mass is 16.6. The zero-order valence-electron chi connectivity index (χ0n) is 9.73. The first-order valence-corrected chi connectivity index (χ1v) is 4.86. The summed E-state index contributed by atoms with van der Waals surface area (Å²) >= 11 is 0. The van der Waals surface area contributed by atoms with Crippen LogP contribution in [0, 0.1) is 0 Å². The van der Waals surface area contributed by atoms with Crippen LogP contribution in [-0.2, 0) is 25.3 Å². The minimum Gasteiger partial charge on any atom is -0.449 e. The standard InChI is InChI=1S/C10H18N3O2/c1-11(2)10(14)15-8-5-9-12(3)6-7-13(9)4/h6-7H,5,8H2,1-4H3/q+1. The van der Waals surface area contributed by atoms with Crippen LogP contribution in [0.3, 0.4) is 0 Å². The number of imidazole rings is 1. The summed E-state index contributed by atoms with van der Waals surface area (Å²) in [7, 11) is 7.29. The van der Waals surface area contributed by atoms with Gasteiger partial charge in [0.05, 0.1) is 20.5 Å². The summed E-state index contributed by atoms with van der Waals surface area (Å²) in [6.07, 6.45) is 4.37. The molecule has 0 saturated carbocycles. The maximum Gasteiger partial charge on any atom is 0.409 e. The van der Waals surface area contributed by atoms with Gasteiger partial charge in [0.25, 0.3) is 5.82 Å². The fourth-order valence-corrected chi connectivity index (χ4v) is 1.33. The van der Waals surface area contributed by atoms with Gasteiger partial charge in [-0.25, -0.2) is 13.9 Å². The molecule has 1 aromatic rings. The molecule has 0 N–H and O–H groups in total. The van der Waals surface area contributed by atoms with Crippen LogP contribution in [0.4, 0.5) is 4.79 Å². The maximum absolute atomic E-state index is 11.1. The van der Waals surface area contributed by atoms with Gasteiger partial charge in [0.1, 0.15) is 19.0 Å². The topological polar surface area (TPSA) is 38.4 Å². The second-order valence-electron chi connectivity index (χ2n) is 3.69. The van der Waals surface area contributed by atoms with Crippen molar-refractivity contribution in [2.75, 3.05) is 20.7 Å². The van der Waals surface area contributed by atoms with E-state index >= 15 is 0 Å². The van der Waals surface area contributed by atoms with Gasteiger partial charge >= 0.3 is 6.09 Å². The lowest BCUT2D eigenvalue weighted by Crippen LogP contribution is -2.33. The van der Waals surface area contributed by atoms with Gasteiger partial charge in [-0.1, -0.05) is 0 Å². The summed E-state index contributed by atoms with van der Waals surface area (Å²) < 4.78 is 9.08. The van der Waals surface area contributed by atoms with Gasteiger partial charge in [-0.15, -0.1) is 0 Å². The van der Waals surface area contributed by atoms with Gasteiger partial charge in [-0.2, -0.15) is 0 Å². The van der Waals surface area contributed by atoms with Crippen LogP contribution < -0.4 is 4.57 Å². The van der Waals surface area contributed by atoms with E-state index in [2.05, 4.69) is 0 Å². The van der Waals surface area contributed by atoms with Crippen molar-refractivity contribution in [3.05, 3.63) is 18.2 Å². The van der Waals surface area contributed by atoms with Gasteiger partial charge in [0.2, 0.25) is 0 Å². The first-order valence-electron chi connectivity index (χ1n) is 4.86. The van der Waals surface area contributed by atoms with Crippen LogP contribution in [0.15, 0.2) is 12.4 Å². The Morgan fingerprint density at radius 3 is 2.73 bits per heavy atom.